The van der Waals surface area contributed by atoms with Crippen LogP contribution in [-0.2, 0) is 16.5 Å². The maximum atomic E-state index is 11.9. The van der Waals surface area contributed by atoms with Crippen molar-refractivity contribution in [1.82, 2.24) is 15.0 Å². The first-order valence-electron chi connectivity index (χ1n) is 5.28. The summed E-state index contributed by atoms with van der Waals surface area (Å²) in [5.41, 5.74) is 3.27. The smallest absolute Gasteiger partial charge is 0.230 e. The third-order valence-electron chi connectivity index (χ3n) is 2.76. The van der Waals surface area contributed by atoms with E-state index in [1.54, 1.807) is 4.68 Å². The van der Waals surface area contributed by atoms with Crippen LogP contribution in [0.3, 0.4) is 0 Å². The maximum Gasteiger partial charge on any atom is 0.230 e. The van der Waals surface area contributed by atoms with E-state index in [2.05, 4.69) is 54.1 Å². The fraction of sp³-hybridized carbons (Fsp3) is 0.182. The number of halogens is 2. The lowest BCUT2D eigenvalue weighted by Crippen LogP contribution is -2.13. The van der Waals surface area contributed by atoms with Gasteiger partial charge in [0.25, 0.3) is 0 Å². The van der Waals surface area contributed by atoms with E-state index in [-0.39, 0.29) is 5.91 Å². The Hall–Kier alpha value is -0.960. The number of nitrogens with zero attached hydrogens (tertiary/aromatic N) is 3. The van der Waals surface area contributed by atoms with Crippen molar-refractivity contribution in [3.63, 3.8) is 0 Å². The monoisotopic (exact) mass is 418 g/mol. The molecule has 5 nitrogen and oxygen atoms in total. The first-order valence-corrected chi connectivity index (χ1v) is 7.48. The van der Waals surface area contributed by atoms with Crippen LogP contribution in [0.15, 0.2) is 18.2 Å². The summed E-state index contributed by atoms with van der Waals surface area (Å²) in [5, 5.41) is 11.7. The van der Waals surface area contributed by atoms with Gasteiger partial charge in [0.2, 0.25) is 5.91 Å². The summed E-state index contributed by atoms with van der Waals surface area (Å²) in [6, 6.07) is 5.82. The largest absolute Gasteiger partial charge is 0.324 e. The number of nitrogens with one attached hydrogen (secondary N) is 1. The fourth-order valence-electron chi connectivity index (χ4n) is 1.94. The molecule has 0 bridgehead atoms. The first-order chi connectivity index (χ1) is 8.69. The Balaban J connectivity index is 2.27. The van der Waals surface area contributed by atoms with Gasteiger partial charge < -0.3 is 5.32 Å². The van der Waals surface area contributed by atoms with E-state index in [4.69, 9.17) is 0 Å². The van der Waals surface area contributed by atoms with Crippen molar-refractivity contribution in [1.29, 1.82) is 0 Å². The van der Waals surface area contributed by atoms with E-state index in [1.807, 2.05) is 18.2 Å². The van der Waals surface area contributed by atoms with Crippen LogP contribution in [0.25, 0.3) is 5.69 Å². The summed E-state index contributed by atoms with van der Waals surface area (Å²) in [7, 11) is 0. The molecule has 0 saturated carbocycles. The number of carbonyl (C=O) groups excluding carboxylic acids is 1. The van der Waals surface area contributed by atoms with E-state index >= 15 is 0 Å². The molecule has 2 aromatic rings. The minimum Gasteiger partial charge on any atom is -0.324 e. The van der Waals surface area contributed by atoms with E-state index < -0.39 is 0 Å². The Labute approximate surface area is 125 Å². The van der Waals surface area contributed by atoms with Gasteiger partial charge in [-0.2, -0.15) is 0 Å². The average molecular weight is 419 g/mol. The SMILES string of the molecule is O=C1Cc2c(CBr)nnn2-c2cc(I)ccc2N1. The molecule has 1 aliphatic rings. The van der Waals surface area contributed by atoms with Crippen molar-refractivity contribution < 1.29 is 4.79 Å². The molecule has 1 aromatic carbocycles. The summed E-state index contributed by atoms with van der Waals surface area (Å²) < 4.78 is 2.83. The number of benzene rings is 1. The molecular weight excluding hydrogens is 411 g/mol. The van der Waals surface area contributed by atoms with Crippen LogP contribution in [0.5, 0.6) is 0 Å². The second-order valence-electron chi connectivity index (χ2n) is 3.91. The topological polar surface area (TPSA) is 59.8 Å². The van der Waals surface area contributed by atoms with Gasteiger partial charge in [-0.15, -0.1) is 5.10 Å². The number of hydrogen-bond acceptors (Lipinski definition) is 3. The van der Waals surface area contributed by atoms with Crippen LogP contribution >= 0.6 is 38.5 Å². The standard InChI is InChI=1S/C11H8BrIN4O/c12-5-8-10-4-11(18)14-7-2-1-6(13)3-9(7)17(10)16-15-8/h1-3H,4-5H2,(H,14,18). The average Bonchev–Trinajstić information content (AvgIpc) is 2.68. The predicted octanol–water partition coefficient (Wildman–Crippen LogP) is 2.26. The van der Waals surface area contributed by atoms with Gasteiger partial charge in [0.15, 0.2) is 0 Å². The number of aromatic nitrogens is 3. The molecule has 1 N–H and O–H groups in total. The Bertz CT molecular complexity index is 640. The summed E-state index contributed by atoms with van der Waals surface area (Å²) in [6.45, 7) is 0. The number of alkyl halides is 1. The second kappa shape index (κ2) is 4.61. The molecule has 0 atom stereocenters. The van der Waals surface area contributed by atoms with Crippen LogP contribution in [0.4, 0.5) is 5.69 Å². The van der Waals surface area contributed by atoms with Crippen LogP contribution in [0.2, 0.25) is 0 Å². The molecule has 92 valence electrons. The molecule has 3 rings (SSSR count). The molecule has 1 amide bonds. The zero-order valence-corrected chi connectivity index (χ0v) is 12.9. The van der Waals surface area contributed by atoms with E-state index in [9.17, 15) is 4.79 Å². The molecule has 0 aliphatic carbocycles. The quantitative estimate of drug-likeness (QED) is 0.570. The molecule has 0 saturated heterocycles. The van der Waals surface area contributed by atoms with Crippen molar-refractivity contribution in [3.05, 3.63) is 33.2 Å². The summed E-state index contributed by atoms with van der Waals surface area (Å²) in [6.07, 6.45) is 0.291. The molecule has 2 heterocycles. The Morgan fingerprint density at radius 1 is 1.50 bits per heavy atom. The van der Waals surface area contributed by atoms with Crippen LogP contribution in [-0.4, -0.2) is 20.9 Å². The maximum absolute atomic E-state index is 11.9. The lowest BCUT2D eigenvalue weighted by Gasteiger charge is -2.07. The summed E-state index contributed by atoms with van der Waals surface area (Å²) in [4.78, 5) is 11.9. The molecule has 18 heavy (non-hydrogen) atoms. The highest BCUT2D eigenvalue weighted by molar-refractivity contribution is 14.1. The second-order valence-corrected chi connectivity index (χ2v) is 5.72. The normalized spacial score (nSPS) is 13.6. The molecular formula is C11H8BrIN4O. The highest BCUT2D eigenvalue weighted by atomic mass is 127. The molecule has 0 fully saturated rings. The van der Waals surface area contributed by atoms with Gasteiger partial charge in [0.1, 0.15) is 0 Å². The van der Waals surface area contributed by atoms with Gasteiger partial charge in [0, 0.05) is 8.90 Å². The van der Waals surface area contributed by atoms with Crippen LogP contribution < -0.4 is 5.32 Å². The van der Waals surface area contributed by atoms with Gasteiger partial charge in [-0.25, -0.2) is 4.68 Å². The number of hydrogen-bond donors (Lipinski definition) is 1. The highest BCUT2D eigenvalue weighted by Crippen LogP contribution is 2.27. The van der Waals surface area contributed by atoms with Gasteiger partial charge in [0.05, 0.1) is 29.2 Å². The molecule has 0 radical (unpaired) electrons. The summed E-state index contributed by atoms with van der Waals surface area (Å²) in [5.74, 6) is -0.0410. The number of amides is 1. The first kappa shape index (κ1) is 12.1. The van der Waals surface area contributed by atoms with Crippen molar-refractivity contribution in [3.8, 4) is 5.69 Å². The van der Waals surface area contributed by atoms with Gasteiger partial charge in [-0.1, -0.05) is 21.1 Å². The van der Waals surface area contributed by atoms with E-state index in [0.717, 1.165) is 26.3 Å². The van der Waals surface area contributed by atoms with E-state index in [1.165, 1.54) is 0 Å². The van der Waals surface area contributed by atoms with Gasteiger partial charge in [-0.05, 0) is 40.8 Å². The zero-order chi connectivity index (χ0) is 12.7. The molecule has 0 unspecified atom stereocenters. The summed E-state index contributed by atoms with van der Waals surface area (Å²) >= 11 is 5.60. The van der Waals surface area contributed by atoms with Crippen molar-refractivity contribution in [2.75, 3.05) is 5.32 Å². The minimum atomic E-state index is -0.0410. The number of rotatable bonds is 1. The Morgan fingerprint density at radius 2 is 2.33 bits per heavy atom. The lowest BCUT2D eigenvalue weighted by atomic mass is 10.2. The molecule has 7 heteroatoms. The zero-order valence-electron chi connectivity index (χ0n) is 9.15. The number of fused-ring (bicyclic) bond motifs is 3. The van der Waals surface area contributed by atoms with Crippen LogP contribution in [0, 0.1) is 3.57 Å². The van der Waals surface area contributed by atoms with Crippen LogP contribution in [0.1, 0.15) is 11.4 Å². The fourth-order valence-corrected chi connectivity index (χ4v) is 2.85. The predicted molar refractivity (Wildman–Crippen MR) is 79.0 cm³/mol. The Morgan fingerprint density at radius 3 is 3.11 bits per heavy atom. The van der Waals surface area contributed by atoms with Crippen molar-refractivity contribution in [2.45, 2.75) is 11.8 Å². The third kappa shape index (κ3) is 1.95. The molecule has 1 aromatic heterocycles. The highest BCUT2D eigenvalue weighted by Gasteiger charge is 2.23. The van der Waals surface area contributed by atoms with Gasteiger partial charge >= 0.3 is 0 Å². The third-order valence-corrected chi connectivity index (χ3v) is 3.96. The van der Waals surface area contributed by atoms with E-state index in [0.29, 0.717) is 11.8 Å². The van der Waals surface area contributed by atoms with Crippen molar-refractivity contribution in [2.24, 2.45) is 0 Å². The Kier molecular flexibility index (Phi) is 3.10. The van der Waals surface area contributed by atoms with Gasteiger partial charge in [-0.3, -0.25) is 4.79 Å². The van der Waals surface area contributed by atoms with Crippen molar-refractivity contribution >= 4 is 50.1 Å². The number of anilines is 1. The lowest BCUT2D eigenvalue weighted by molar-refractivity contribution is -0.115. The molecule has 1 aliphatic heterocycles. The number of carbonyl (C=O) groups is 1. The molecule has 0 spiro atoms. The minimum absolute atomic E-state index is 0.0410.